The number of sulfonamides is 1. The third kappa shape index (κ3) is 4.51. The van der Waals surface area contributed by atoms with E-state index in [1.54, 1.807) is 10.4 Å². The summed E-state index contributed by atoms with van der Waals surface area (Å²) >= 11 is 0. The van der Waals surface area contributed by atoms with Crippen molar-refractivity contribution in [3.63, 3.8) is 0 Å². The highest BCUT2D eigenvalue weighted by Crippen LogP contribution is 2.38. The number of amides is 1. The lowest BCUT2D eigenvalue weighted by Crippen LogP contribution is -2.41. The Labute approximate surface area is 201 Å². The fraction of sp³-hybridized carbons (Fsp3) is 0.609. The number of carbonyl (C=O) groups is 1. The van der Waals surface area contributed by atoms with Gasteiger partial charge in [-0.1, -0.05) is 6.07 Å². The van der Waals surface area contributed by atoms with Crippen LogP contribution < -0.4 is 11.2 Å². The third-order valence-corrected chi connectivity index (χ3v) is 9.30. The molecule has 34 heavy (non-hydrogen) atoms. The molecule has 0 unspecified atom stereocenters. The summed E-state index contributed by atoms with van der Waals surface area (Å²) in [5.41, 5.74) is 7.54. The molecule has 11 heteroatoms. The number of hydrogen-bond donors (Lipinski definition) is 2. The van der Waals surface area contributed by atoms with Gasteiger partial charge < -0.3 is 24.8 Å². The molecule has 2 saturated heterocycles. The summed E-state index contributed by atoms with van der Waals surface area (Å²) in [6, 6.07) is 3.73. The van der Waals surface area contributed by atoms with E-state index in [9.17, 15) is 13.2 Å². The van der Waals surface area contributed by atoms with Gasteiger partial charge in [-0.25, -0.2) is 12.7 Å². The van der Waals surface area contributed by atoms with Crippen LogP contribution in [0.25, 0.3) is 10.9 Å². The first-order chi connectivity index (χ1) is 15.9. The minimum atomic E-state index is -3.33. The summed E-state index contributed by atoms with van der Waals surface area (Å²) in [7, 11) is -2.46. The highest BCUT2D eigenvalue weighted by Gasteiger charge is 2.52. The van der Waals surface area contributed by atoms with Crippen LogP contribution in [-0.2, 0) is 24.1 Å². The van der Waals surface area contributed by atoms with Gasteiger partial charge in [0.2, 0.25) is 10.0 Å². The van der Waals surface area contributed by atoms with E-state index in [2.05, 4.69) is 4.98 Å². The highest BCUT2D eigenvalue weighted by molar-refractivity contribution is 7.89. The Hall–Kier alpha value is -1.92. The summed E-state index contributed by atoms with van der Waals surface area (Å²) in [5, 5.41) is 0.890. The molecular weight excluding hydrogens is 457 g/mol. The fourth-order valence-electron chi connectivity index (χ4n) is 4.69. The van der Waals surface area contributed by atoms with Gasteiger partial charge in [-0.2, -0.15) is 0 Å². The van der Waals surface area contributed by atoms with Crippen molar-refractivity contribution in [2.45, 2.75) is 57.7 Å². The van der Waals surface area contributed by atoms with E-state index in [4.69, 9.17) is 19.8 Å². The summed E-state index contributed by atoms with van der Waals surface area (Å²) in [6.07, 6.45) is 3.28. The number of hydrogen-bond acceptors (Lipinski definition) is 6. The molecule has 0 aliphatic carbocycles. The summed E-state index contributed by atoms with van der Waals surface area (Å²) in [5.74, 6) is -0.395. The number of ether oxygens (including phenoxy) is 1. The molecule has 0 saturated carbocycles. The molecule has 0 bridgehead atoms. The molecule has 0 spiro atoms. The van der Waals surface area contributed by atoms with Crippen molar-refractivity contribution in [1.29, 1.82) is 0 Å². The van der Waals surface area contributed by atoms with Gasteiger partial charge in [-0.15, -0.1) is 0 Å². The van der Waals surface area contributed by atoms with Crippen LogP contribution >= 0.6 is 0 Å². The molecule has 2 aliphatic rings. The molecular formula is C23H34BN3O6S. The highest BCUT2D eigenvalue weighted by atomic mass is 32.2. The van der Waals surface area contributed by atoms with Crippen LogP contribution in [0.4, 0.5) is 0 Å². The Morgan fingerprint density at radius 1 is 1.21 bits per heavy atom. The van der Waals surface area contributed by atoms with E-state index < -0.39 is 34.3 Å². The van der Waals surface area contributed by atoms with E-state index in [-0.39, 0.29) is 18.3 Å². The standard InChI is InChI=1S/C23H34BN3O6S/c1-22(2)23(3,4)33-24(32-22)16-12-17-19(14-26-20(17)18(13-16)21(25)28)15-6-8-27(9-7-15)34(29,30)11-10-31-5/h12-15,26H,6-11H2,1-5H3,(H2,25,28). The molecule has 4 rings (SSSR count). The van der Waals surface area contributed by atoms with Crippen LogP contribution in [0.3, 0.4) is 0 Å². The van der Waals surface area contributed by atoms with Crippen molar-refractivity contribution in [3.05, 3.63) is 29.5 Å². The SMILES string of the molecule is COCCS(=O)(=O)N1CCC(c2c[nH]c3c(C(N)=O)cc(B4OC(C)(C)C(C)(C)O4)cc23)CC1. The lowest BCUT2D eigenvalue weighted by molar-refractivity contribution is 0.00578. The van der Waals surface area contributed by atoms with Crippen LogP contribution in [0, 0.1) is 0 Å². The lowest BCUT2D eigenvalue weighted by Gasteiger charge is -2.32. The molecule has 0 radical (unpaired) electrons. The zero-order chi connectivity index (χ0) is 24.9. The van der Waals surface area contributed by atoms with Gasteiger partial charge in [0, 0.05) is 31.8 Å². The zero-order valence-electron chi connectivity index (χ0n) is 20.5. The van der Waals surface area contributed by atoms with Crippen LogP contribution in [0.5, 0.6) is 0 Å². The van der Waals surface area contributed by atoms with E-state index in [0.717, 1.165) is 16.4 Å². The maximum atomic E-state index is 12.5. The number of carbonyl (C=O) groups excluding carboxylic acids is 1. The first-order valence-electron chi connectivity index (χ1n) is 11.6. The van der Waals surface area contributed by atoms with Crippen LogP contribution in [0.2, 0.25) is 0 Å². The van der Waals surface area contributed by atoms with E-state index in [1.807, 2.05) is 40.0 Å². The molecule has 9 nitrogen and oxygen atoms in total. The number of H-pyrrole nitrogens is 1. The molecule has 1 amide bonds. The van der Waals surface area contributed by atoms with Crippen molar-refractivity contribution in [3.8, 4) is 0 Å². The molecule has 1 aromatic heterocycles. The first kappa shape index (κ1) is 25.2. The molecule has 2 fully saturated rings. The number of benzene rings is 1. The van der Waals surface area contributed by atoms with Gasteiger partial charge in [-0.3, -0.25) is 4.79 Å². The number of piperidine rings is 1. The number of aromatic amines is 1. The Balaban J connectivity index is 1.64. The van der Waals surface area contributed by atoms with Gasteiger partial charge in [0.15, 0.2) is 0 Å². The number of nitrogens with one attached hydrogen (secondary N) is 1. The predicted molar refractivity (Wildman–Crippen MR) is 132 cm³/mol. The summed E-state index contributed by atoms with van der Waals surface area (Å²) < 4.78 is 44.0. The number of rotatable bonds is 7. The topological polar surface area (TPSA) is 124 Å². The summed E-state index contributed by atoms with van der Waals surface area (Å²) in [6.45, 7) is 9.01. The van der Waals surface area contributed by atoms with Crippen molar-refractivity contribution >= 4 is 39.4 Å². The summed E-state index contributed by atoms with van der Waals surface area (Å²) in [4.78, 5) is 15.5. The Morgan fingerprint density at radius 3 is 2.38 bits per heavy atom. The second-order valence-electron chi connectivity index (χ2n) is 10.2. The lowest BCUT2D eigenvalue weighted by atomic mass is 9.76. The first-order valence-corrected chi connectivity index (χ1v) is 13.2. The molecule has 0 atom stereocenters. The number of nitrogens with zero attached hydrogens (tertiary/aromatic N) is 1. The second kappa shape index (κ2) is 8.94. The normalized spacial score (nSPS) is 21.4. The zero-order valence-corrected chi connectivity index (χ0v) is 21.3. The Morgan fingerprint density at radius 2 is 1.82 bits per heavy atom. The molecule has 3 N–H and O–H groups in total. The maximum absolute atomic E-state index is 12.5. The average molecular weight is 491 g/mol. The van der Waals surface area contributed by atoms with Crippen molar-refractivity contribution < 1.29 is 27.3 Å². The van der Waals surface area contributed by atoms with Crippen LogP contribution in [0.15, 0.2) is 18.3 Å². The molecule has 186 valence electrons. The van der Waals surface area contributed by atoms with Gasteiger partial charge in [-0.05, 0) is 63.5 Å². The molecule has 2 aliphatic heterocycles. The molecule has 3 heterocycles. The minimum Gasteiger partial charge on any atom is -0.399 e. The molecule has 1 aromatic carbocycles. The predicted octanol–water partition coefficient (Wildman–Crippen LogP) is 1.72. The number of aromatic nitrogens is 1. The monoisotopic (exact) mass is 491 g/mol. The molecule has 2 aromatic rings. The van der Waals surface area contributed by atoms with E-state index in [1.165, 1.54) is 7.11 Å². The van der Waals surface area contributed by atoms with Crippen LogP contribution in [0.1, 0.15) is 62.4 Å². The third-order valence-electron chi connectivity index (χ3n) is 7.47. The number of fused-ring (bicyclic) bond motifs is 1. The smallest absolute Gasteiger partial charge is 0.399 e. The fourth-order valence-corrected chi connectivity index (χ4v) is 6.09. The maximum Gasteiger partial charge on any atom is 0.494 e. The minimum absolute atomic E-state index is 0.0132. The number of primary amides is 1. The van der Waals surface area contributed by atoms with E-state index >= 15 is 0 Å². The van der Waals surface area contributed by atoms with Gasteiger partial charge in [0.25, 0.3) is 5.91 Å². The Kier molecular flexibility index (Phi) is 6.63. The Bertz CT molecular complexity index is 1170. The van der Waals surface area contributed by atoms with Crippen LogP contribution in [-0.4, -0.2) is 74.5 Å². The van der Waals surface area contributed by atoms with Gasteiger partial charge >= 0.3 is 7.12 Å². The van der Waals surface area contributed by atoms with Crippen molar-refractivity contribution in [2.24, 2.45) is 5.73 Å². The largest absolute Gasteiger partial charge is 0.494 e. The van der Waals surface area contributed by atoms with Gasteiger partial charge in [0.05, 0.1) is 34.6 Å². The average Bonchev–Trinajstić information content (AvgIpc) is 3.29. The van der Waals surface area contributed by atoms with Gasteiger partial charge in [0.1, 0.15) is 0 Å². The van der Waals surface area contributed by atoms with E-state index in [0.29, 0.717) is 37.0 Å². The quantitative estimate of drug-likeness (QED) is 0.569. The number of methoxy groups -OCH3 is 1. The van der Waals surface area contributed by atoms with Crippen molar-refractivity contribution in [2.75, 3.05) is 32.6 Å². The van der Waals surface area contributed by atoms with Crippen molar-refractivity contribution in [1.82, 2.24) is 9.29 Å². The number of nitrogens with two attached hydrogens (primary N) is 1. The second-order valence-corrected chi connectivity index (χ2v) is 12.3.